The van der Waals surface area contributed by atoms with Gasteiger partial charge in [0.2, 0.25) is 0 Å². The molecule has 0 unspecified atom stereocenters. The minimum Gasteiger partial charge on any atom is -0.366 e. The first kappa shape index (κ1) is 18.8. The van der Waals surface area contributed by atoms with Crippen molar-refractivity contribution in [3.63, 3.8) is 0 Å². The zero-order chi connectivity index (χ0) is 18.0. The number of nitro groups is 1. The quantitative estimate of drug-likeness (QED) is 0.590. The van der Waals surface area contributed by atoms with Gasteiger partial charge in [-0.3, -0.25) is 14.3 Å². The molecule has 2 rings (SSSR count). The third kappa shape index (κ3) is 4.10. The van der Waals surface area contributed by atoms with Gasteiger partial charge in [-0.15, -0.1) is 0 Å². The smallest absolute Gasteiger partial charge is 0.333 e. The molecule has 2 N–H and O–H groups in total. The van der Waals surface area contributed by atoms with E-state index in [1.807, 2.05) is 13.8 Å². The predicted octanol–water partition coefficient (Wildman–Crippen LogP) is 2.45. The second-order valence-electron chi connectivity index (χ2n) is 5.99. The van der Waals surface area contributed by atoms with Gasteiger partial charge < -0.3 is 4.74 Å². The average Bonchev–Trinajstić information content (AvgIpc) is 2.92. The van der Waals surface area contributed by atoms with Crippen LogP contribution in [0.2, 0.25) is 0 Å². The Balaban J connectivity index is 2.38. The molecule has 1 aliphatic heterocycles. The van der Waals surface area contributed by atoms with Crippen LogP contribution in [0.4, 0.5) is 5.69 Å². The lowest BCUT2D eigenvalue weighted by Gasteiger charge is -2.26. The molecule has 8 nitrogen and oxygen atoms in total. The summed E-state index contributed by atoms with van der Waals surface area (Å²) in [6.45, 7) is 3.78. The zero-order valence-corrected chi connectivity index (χ0v) is 14.5. The van der Waals surface area contributed by atoms with E-state index < -0.39 is 26.9 Å². The topological polar surface area (TPSA) is 122 Å². The van der Waals surface area contributed by atoms with E-state index >= 15 is 0 Å². The first-order valence-corrected chi connectivity index (χ1v) is 9.27. The third-order valence-electron chi connectivity index (χ3n) is 4.61. The highest BCUT2D eigenvalue weighted by Gasteiger charge is 2.46. The van der Waals surface area contributed by atoms with Crippen LogP contribution in [0.3, 0.4) is 0 Å². The molecule has 134 valence electrons. The molecule has 0 aliphatic carbocycles. The molecule has 1 aromatic rings. The van der Waals surface area contributed by atoms with E-state index in [1.165, 1.54) is 6.07 Å². The van der Waals surface area contributed by atoms with E-state index in [0.29, 0.717) is 24.8 Å². The second-order valence-corrected chi connectivity index (χ2v) is 7.21. The van der Waals surface area contributed by atoms with Crippen LogP contribution in [0.5, 0.6) is 0 Å². The van der Waals surface area contributed by atoms with E-state index in [4.69, 9.17) is 14.1 Å². The molecular weight excluding hydrogens is 336 g/mol. The lowest BCUT2D eigenvalue weighted by atomic mass is 9.86. The number of hydrogen-bond acceptors (Lipinski definition) is 6. The van der Waals surface area contributed by atoms with E-state index in [1.54, 1.807) is 18.2 Å². The lowest BCUT2D eigenvalue weighted by molar-refractivity contribution is -0.386. The maximum atomic E-state index is 11.3. The number of rotatable bonds is 7. The van der Waals surface area contributed by atoms with Crippen LogP contribution in [-0.4, -0.2) is 25.5 Å². The van der Waals surface area contributed by atoms with Gasteiger partial charge in [0.25, 0.3) is 5.69 Å². The molecule has 9 heteroatoms. The Labute approximate surface area is 141 Å². The second kappa shape index (κ2) is 7.14. The van der Waals surface area contributed by atoms with E-state index in [0.717, 1.165) is 0 Å². The lowest BCUT2D eigenvalue weighted by Crippen LogP contribution is -2.26. The number of nitrogens with two attached hydrogens (primary N) is 1. The maximum absolute atomic E-state index is 11.3. The molecule has 0 amide bonds. The Hall–Kier alpha value is -1.55. The van der Waals surface area contributed by atoms with Gasteiger partial charge in [0.05, 0.1) is 28.8 Å². The summed E-state index contributed by atoms with van der Waals surface area (Å²) in [5, 5.41) is 16.2. The summed E-state index contributed by atoms with van der Waals surface area (Å²) >= 11 is 0. The molecule has 0 spiro atoms. The average molecular weight is 358 g/mol. The van der Waals surface area contributed by atoms with Crippen molar-refractivity contribution in [2.45, 2.75) is 44.8 Å². The maximum Gasteiger partial charge on any atom is 0.333 e. The van der Waals surface area contributed by atoms with Crippen LogP contribution in [0.25, 0.3) is 0 Å². The standard InChI is InChI=1S/C15H22N2O6S/c1-3-15(4-2)9-11(10-22-24(16,20)21)14(23-15)12-7-5-6-8-13(12)17(18)19/h5-8,11,14H,3-4,9-10H2,1-2H3,(H2,16,20,21)/t11-,14+/m0/s1. The van der Waals surface area contributed by atoms with Crippen LogP contribution >= 0.6 is 0 Å². The Kier molecular flexibility index (Phi) is 5.59. The normalized spacial score (nSPS) is 23.3. The summed E-state index contributed by atoms with van der Waals surface area (Å²) in [5.41, 5.74) is -0.0822. The van der Waals surface area contributed by atoms with Crippen molar-refractivity contribution in [1.29, 1.82) is 0 Å². The summed E-state index contributed by atoms with van der Waals surface area (Å²) in [6, 6.07) is 6.32. The molecular formula is C15H22N2O6S. The Morgan fingerprint density at radius 1 is 1.38 bits per heavy atom. The Morgan fingerprint density at radius 2 is 2.00 bits per heavy atom. The van der Waals surface area contributed by atoms with Crippen LogP contribution < -0.4 is 5.14 Å². The fraction of sp³-hybridized carbons (Fsp3) is 0.600. The summed E-state index contributed by atoms with van der Waals surface area (Å²) in [7, 11) is -4.08. The van der Waals surface area contributed by atoms with Crippen molar-refractivity contribution in [3.8, 4) is 0 Å². The minimum absolute atomic E-state index is 0.0499. The molecule has 0 radical (unpaired) electrons. The fourth-order valence-electron chi connectivity index (χ4n) is 3.24. The summed E-state index contributed by atoms with van der Waals surface area (Å²) < 4.78 is 33.2. The van der Waals surface area contributed by atoms with E-state index in [9.17, 15) is 18.5 Å². The van der Waals surface area contributed by atoms with Crippen molar-refractivity contribution < 1.29 is 22.3 Å². The van der Waals surface area contributed by atoms with Gasteiger partial charge in [-0.05, 0) is 25.3 Å². The molecule has 1 aromatic carbocycles. The molecule has 0 saturated carbocycles. The van der Waals surface area contributed by atoms with Crippen molar-refractivity contribution in [3.05, 3.63) is 39.9 Å². The molecule has 1 heterocycles. The molecule has 1 aliphatic rings. The van der Waals surface area contributed by atoms with Crippen molar-refractivity contribution >= 4 is 16.0 Å². The van der Waals surface area contributed by atoms with Crippen LogP contribution in [0, 0.1) is 16.0 Å². The number of nitrogens with zero attached hydrogens (tertiary/aromatic N) is 1. The first-order chi connectivity index (χ1) is 11.2. The van der Waals surface area contributed by atoms with Gasteiger partial charge >= 0.3 is 10.3 Å². The van der Waals surface area contributed by atoms with E-state index in [2.05, 4.69) is 0 Å². The Bertz CT molecular complexity index is 702. The summed E-state index contributed by atoms with van der Waals surface area (Å²) in [6.07, 6.45) is 1.36. The van der Waals surface area contributed by atoms with Gasteiger partial charge in [0, 0.05) is 12.0 Å². The summed E-state index contributed by atoms with van der Waals surface area (Å²) in [5.74, 6) is -0.343. The number of nitro benzene ring substituents is 1. The van der Waals surface area contributed by atoms with Gasteiger partial charge in [-0.2, -0.15) is 8.42 Å². The largest absolute Gasteiger partial charge is 0.366 e. The van der Waals surface area contributed by atoms with Crippen molar-refractivity contribution in [1.82, 2.24) is 0 Å². The van der Waals surface area contributed by atoms with E-state index in [-0.39, 0.29) is 18.2 Å². The number of ether oxygens (including phenoxy) is 1. The predicted molar refractivity (Wildman–Crippen MR) is 87.4 cm³/mol. The molecule has 0 aromatic heterocycles. The fourth-order valence-corrected chi connectivity index (χ4v) is 3.61. The van der Waals surface area contributed by atoms with Crippen LogP contribution in [0.1, 0.15) is 44.8 Å². The third-order valence-corrected chi connectivity index (χ3v) is 5.08. The van der Waals surface area contributed by atoms with Crippen molar-refractivity contribution in [2.24, 2.45) is 11.1 Å². The highest BCUT2D eigenvalue weighted by molar-refractivity contribution is 7.84. The zero-order valence-electron chi connectivity index (χ0n) is 13.7. The number of para-hydroxylation sites is 1. The summed E-state index contributed by atoms with van der Waals surface area (Å²) in [4.78, 5) is 10.8. The van der Waals surface area contributed by atoms with Gasteiger partial charge in [0.1, 0.15) is 0 Å². The highest BCUT2D eigenvalue weighted by atomic mass is 32.2. The molecule has 1 saturated heterocycles. The van der Waals surface area contributed by atoms with Gasteiger partial charge in [-0.1, -0.05) is 26.0 Å². The molecule has 1 fully saturated rings. The number of hydrogen-bond donors (Lipinski definition) is 1. The first-order valence-electron chi connectivity index (χ1n) is 7.79. The molecule has 24 heavy (non-hydrogen) atoms. The SMILES string of the molecule is CCC1(CC)C[C@@H](COS(N)(=O)=O)[C@H](c2ccccc2[N+](=O)[O-])O1. The minimum atomic E-state index is -4.08. The van der Waals surface area contributed by atoms with Gasteiger partial charge in [-0.25, -0.2) is 5.14 Å². The highest BCUT2D eigenvalue weighted by Crippen LogP contribution is 2.49. The monoisotopic (exact) mass is 358 g/mol. The van der Waals surface area contributed by atoms with Gasteiger partial charge in [0.15, 0.2) is 0 Å². The van der Waals surface area contributed by atoms with Crippen molar-refractivity contribution in [2.75, 3.05) is 6.61 Å². The Morgan fingerprint density at radius 3 is 2.54 bits per heavy atom. The van der Waals surface area contributed by atoms with Crippen LogP contribution in [0.15, 0.2) is 24.3 Å². The molecule has 2 atom stereocenters. The van der Waals surface area contributed by atoms with Crippen LogP contribution in [-0.2, 0) is 19.2 Å². The molecule has 0 bridgehead atoms. The number of benzene rings is 1.